The monoisotopic (exact) mass is 458 g/mol. The van der Waals surface area contributed by atoms with Gasteiger partial charge < -0.3 is 9.47 Å². The lowest BCUT2D eigenvalue weighted by Crippen LogP contribution is -2.59. The number of unbranched alkanes of at least 4 members (excludes halogenated alkanes) is 1. The van der Waals surface area contributed by atoms with Crippen molar-refractivity contribution in [1.82, 2.24) is 0 Å². The first-order valence-corrected chi connectivity index (χ1v) is 9.45. The maximum atomic E-state index is 13.3. The molecule has 178 valence electrons. The lowest BCUT2D eigenvalue weighted by atomic mass is 10.0. The standard InChI is InChI=1S/C18H26F8O4/c1-3-5-7-12(4-2)10-29-13(27)8-6-9-14(28)30-11-16(21,22)18(25,26)17(23,24)15(19)20/h12,15H,3-11H2,1-2H3. The Morgan fingerprint density at radius 1 is 0.867 bits per heavy atom. The molecule has 0 saturated heterocycles. The summed E-state index contributed by atoms with van der Waals surface area (Å²) in [5.74, 6) is -20.4. The number of alkyl halides is 8. The first-order valence-electron chi connectivity index (χ1n) is 9.45. The molecule has 0 amide bonds. The van der Waals surface area contributed by atoms with Crippen LogP contribution < -0.4 is 0 Å². The Morgan fingerprint density at radius 2 is 1.40 bits per heavy atom. The minimum absolute atomic E-state index is 0.175. The number of ether oxygens (including phenoxy) is 2. The van der Waals surface area contributed by atoms with Gasteiger partial charge in [-0.1, -0.05) is 33.1 Å². The van der Waals surface area contributed by atoms with Gasteiger partial charge in [-0.15, -0.1) is 0 Å². The normalized spacial score (nSPS) is 14.0. The first kappa shape index (κ1) is 28.4. The van der Waals surface area contributed by atoms with Gasteiger partial charge in [0.2, 0.25) is 0 Å². The van der Waals surface area contributed by atoms with Gasteiger partial charge in [-0.2, -0.15) is 26.3 Å². The maximum absolute atomic E-state index is 13.3. The van der Waals surface area contributed by atoms with Crippen molar-refractivity contribution in [2.24, 2.45) is 5.92 Å². The zero-order valence-electron chi connectivity index (χ0n) is 16.7. The molecule has 0 aromatic heterocycles. The van der Waals surface area contributed by atoms with Gasteiger partial charge in [0.25, 0.3) is 0 Å². The van der Waals surface area contributed by atoms with Crippen LogP contribution in [-0.4, -0.2) is 49.3 Å². The summed E-state index contributed by atoms with van der Waals surface area (Å²) >= 11 is 0. The molecule has 0 aromatic carbocycles. The molecule has 0 rings (SSSR count). The fourth-order valence-corrected chi connectivity index (χ4v) is 2.27. The fourth-order valence-electron chi connectivity index (χ4n) is 2.27. The number of carbonyl (C=O) groups is 2. The van der Waals surface area contributed by atoms with Crippen LogP contribution in [0.25, 0.3) is 0 Å². The van der Waals surface area contributed by atoms with E-state index in [0.29, 0.717) is 0 Å². The van der Waals surface area contributed by atoms with Crippen LogP contribution in [0.2, 0.25) is 0 Å². The van der Waals surface area contributed by atoms with Gasteiger partial charge in [-0.3, -0.25) is 9.59 Å². The van der Waals surface area contributed by atoms with Crippen LogP contribution in [0.15, 0.2) is 0 Å². The molecule has 0 aromatic rings. The van der Waals surface area contributed by atoms with E-state index in [0.717, 1.165) is 25.7 Å². The molecule has 0 spiro atoms. The van der Waals surface area contributed by atoms with Gasteiger partial charge in [0.05, 0.1) is 6.61 Å². The molecule has 0 radical (unpaired) electrons. The van der Waals surface area contributed by atoms with Gasteiger partial charge in [0.15, 0.2) is 6.61 Å². The summed E-state index contributed by atoms with van der Waals surface area (Å²) in [6.07, 6.45) is -2.59. The predicted molar refractivity (Wildman–Crippen MR) is 89.9 cm³/mol. The van der Waals surface area contributed by atoms with E-state index in [4.69, 9.17) is 4.74 Å². The van der Waals surface area contributed by atoms with Crippen LogP contribution in [0.4, 0.5) is 35.1 Å². The van der Waals surface area contributed by atoms with Crippen LogP contribution >= 0.6 is 0 Å². The molecule has 0 aliphatic heterocycles. The fraction of sp³-hybridized carbons (Fsp3) is 0.889. The van der Waals surface area contributed by atoms with E-state index < -0.39 is 49.2 Å². The summed E-state index contributed by atoms with van der Waals surface area (Å²) in [6, 6.07) is 0. The van der Waals surface area contributed by atoms with E-state index in [1.165, 1.54) is 0 Å². The van der Waals surface area contributed by atoms with Gasteiger partial charge in [0, 0.05) is 12.8 Å². The number of carbonyl (C=O) groups excluding carboxylic acids is 2. The third kappa shape index (κ3) is 8.25. The van der Waals surface area contributed by atoms with Gasteiger partial charge in [-0.05, 0) is 18.8 Å². The molecular weight excluding hydrogens is 432 g/mol. The van der Waals surface area contributed by atoms with E-state index in [1.54, 1.807) is 0 Å². The van der Waals surface area contributed by atoms with Crippen molar-refractivity contribution in [3.63, 3.8) is 0 Å². The van der Waals surface area contributed by atoms with E-state index in [1.807, 2.05) is 13.8 Å². The summed E-state index contributed by atoms with van der Waals surface area (Å²) in [5.41, 5.74) is 0. The highest BCUT2D eigenvalue weighted by molar-refractivity contribution is 5.72. The number of esters is 2. The molecule has 1 atom stereocenters. The third-order valence-electron chi connectivity index (χ3n) is 4.35. The zero-order chi connectivity index (χ0) is 23.6. The lowest BCUT2D eigenvalue weighted by molar-refractivity contribution is -0.344. The van der Waals surface area contributed by atoms with Crippen molar-refractivity contribution in [3.05, 3.63) is 0 Å². The van der Waals surface area contributed by atoms with Crippen LogP contribution in [0, 0.1) is 5.92 Å². The topological polar surface area (TPSA) is 52.6 Å². The molecular formula is C18H26F8O4. The number of hydrogen-bond acceptors (Lipinski definition) is 4. The van der Waals surface area contributed by atoms with Gasteiger partial charge in [-0.25, -0.2) is 8.78 Å². The molecule has 4 nitrogen and oxygen atoms in total. The Balaban J connectivity index is 4.38. The molecule has 1 unspecified atom stereocenters. The molecule has 0 N–H and O–H groups in total. The summed E-state index contributed by atoms with van der Waals surface area (Å²) < 4.78 is 111. The van der Waals surface area contributed by atoms with E-state index in [-0.39, 0.29) is 25.4 Å². The van der Waals surface area contributed by atoms with Crippen molar-refractivity contribution < 1.29 is 54.2 Å². The second-order valence-corrected chi connectivity index (χ2v) is 6.82. The molecule has 0 aliphatic rings. The number of halogens is 8. The first-order chi connectivity index (χ1) is 13.7. The van der Waals surface area contributed by atoms with Crippen molar-refractivity contribution >= 4 is 11.9 Å². The highest BCUT2D eigenvalue weighted by Crippen LogP contribution is 2.48. The SMILES string of the molecule is CCCCC(CC)COC(=O)CCCC(=O)OCC(F)(F)C(F)(F)C(F)(F)C(F)F. The Labute approximate surface area is 169 Å². The largest absolute Gasteiger partial charge is 0.465 e. The average molecular weight is 458 g/mol. The van der Waals surface area contributed by atoms with Crippen molar-refractivity contribution in [2.75, 3.05) is 13.2 Å². The Hall–Kier alpha value is -1.62. The Bertz CT molecular complexity index is 540. The Morgan fingerprint density at radius 3 is 1.87 bits per heavy atom. The number of rotatable bonds is 15. The quantitative estimate of drug-likeness (QED) is 0.236. The summed E-state index contributed by atoms with van der Waals surface area (Å²) in [7, 11) is 0. The highest BCUT2D eigenvalue weighted by atomic mass is 19.4. The van der Waals surface area contributed by atoms with Crippen molar-refractivity contribution in [1.29, 1.82) is 0 Å². The third-order valence-corrected chi connectivity index (χ3v) is 4.35. The predicted octanol–water partition coefficient (Wildman–Crippen LogP) is 5.63. The van der Waals surface area contributed by atoms with Crippen molar-refractivity contribution in [3.8, 4) is 0 Å². The molecule has 0 saturated carbocycles. The summed E-state index contributed by atoms with van der Waals surface area (Å²) in [4.78, 5) is 22.9. The number of hydrogen-bond donors (Lipinski definition) is 0. The van der Waals surface area contributed by atoms with Crippen LogP contribution in [0.5, 0.6) is 0 Å². The lowest BCUT2D eigenvalue weighted by Gasteiger charge is -2.31. The van der Waals surface area contributed by atoms with E-state index >= 15 is 0 Å². The molecule has 0 bridgehead atoms. The van der Waals surface area contributed by atoms with E-state index in [2.05, 4.69) is 4.74 Å². The van der Waals surface area contributed by atoms with Gasteiger partial charge in [0.1, 0.15) is 0 Å². The average Bonchev–Trinajstić information content (AvgIpc) is 2.66. The van der Waals surface area contributed by atoms with E-state index in [9.17, 15) is 44.7 Å². The minimum atomic E-state index is -6.44. The molecule has 0 aliphatic carbocycles. The second kappa shape index (κ2) is 12.3. The second-order valence-electron chi connectivity index (χ2n) is 6.82. The molecule has 12 heteroatoms. The van der Waals surface area contributed by atoms with Gasteiger partial charge >= 0.3 is 36.1 Å². The smallest absolute Gasteiger partial charge is 0.381 e. The Kier molecular flexibility index (Phi) is 11.6. The minimum Gasteiger partial charge on any atom is -0.465 e. The highest BCUT2D eigenvalue weighted by Gasteiger charge is 2.75. The van der Waals surface area contributed by atoms with Crippen LogP contribution in [0.1, 0.15) is 58.8 Å². The summed E-state index contributed by atoms with van der Waals surface area (Å²) in [6.45, 7) is 1.61. The molecule has 0 heterocycles. The molecule has 0 fully saturated rings. The maximum Gasteiger partial charge on any atom is 0.381 e. The van der Waals surface area contributed by atoms with Crippen LogP contribution in [-0.2, 0) is 19.1 Å². The summed E-state index contributed by atoms with van der Waals surface area (Å²) in [5, 5.41) is 0. The van der Waals surface area contributed by atoms with Crippen LogP contribution in [0.3, 0.4) is 0 Å². The van der Waals surface area contributed by atoms with Crippen molar-refractivity contribution in [2.45, 2.75) is 83.0 Å². The molecule has 30 heavy (non-hydrogen) atoms. The zero-order valence-corrected chi connectivity index (χ0v) is 16.7.